The van der Waals surface area contributed by atoms with Crippen LogP contribution in [0.25, 0.3) is 22.3 Å². The van der Waals surface area contributed by atoms with Gasteiger partial charge in [-0.2, -0.15) is 15.4 Å². The van der Waals surface area contributed by atoms with Crippen LogP contribution in [0.2, 0.25) is 0 Å². The van der Waals surface area contributed by atoms with E-state index in [1.807, 2.05) is 6.92 Å². The molecule has 18 nitrogen and oxygen atoms in total. The Kier molecular flexibility index (Phi) is 6.28. The molecule has 208 valence electrons. The molecule has 0 saturated carbocycles. The molecule has 2 aliphatic rings. The van der Waals surface area contributed by atoms with Crippen LogP contribution in [-0.4, -0.2) is 86.8 Å². The Morgan fingerprint density at radius 3 is 2.31 bits per heavy atom. The number of imidazole rings is 2. The van der Waals surface area contributed by atoms with Gasteiger partial charge in [-0.3, -0.25) is 33.5 Å². The third kappa shape index (κ3) is 4.32. The Morgan fingerprint density at radius 2 is 1.67 bits per heavy atom. The molecular weight excluding hydrogens is 518 g/mol. The van der Waals surface area contributed by atoms with Gasteiger partial charge in [-0.15, -0.1) is 0 Å². The zero-order valence-electron chi connectivity index (χ0n) is 20.6. The highest BCUT2D eigenvalue weighted by molar-refractivity contribution is 5.71. The van der Waals surface area contributed by atoms with Crippen LogP contribution in [0.4, 0.5) is 11.9 Å². The molecule has 2 fully saturated rings. The highest BCUT2D eigenvalue weighted by atomic mass is 16.7. The average molecular weight is 546 g/mol. The van der Waals surface area contributed by atoms with E-state index in [0.29, 0.717) is 6.42 Å². The molecule has 0 bridgehead atoms. The number of aromatic nitrogens is 8. The lowest BCUT2D eigenvalue weighted by Crippen LogP contribution is -2.38. The third-order valence-corrected chi connectivity index (χ3v) is 7.10. The van der Waals surface area contributed by atoms with Crippen molar-refractivity contribution in [1.29, 1.82) is 0 Å². The Balaban J connectivity index is 1.12. The van der Waals surface area contributed by atoms with E-state index in [9.17, 15) is 19.8 Å². The minimum absolute atomic E-state index is 0.0543. The van der Waals surface area contributed by atoms with Crippen LogP contribution in [-0.2, 0) is 14.3 Å². The van der Waals surface area contributed by atoms with Gasteiger partial charge in [0.05, 0.1) is 25.4 Å². The molecule has 4 aromatic heterocycles. The van der Waals surface area contributed by atoms with Crippen molar-refractivity contribution in [3.63, 3.8) is 0 Å². The summed E-state index contributed by atoms with van der Waals surface area (Å²) in [5.41, 5.74) is 13.9. The van der Waals surface area contributed by atoms with Crippen molar-refractivity contribution in [1.82, 2.24) is 44.5 Å². The van der Waals surface area contributed by atoms with Crippen molar-refractivity contribution in [3.8, 4) is 0 Å². The molecule has 4 aromatic rings. The third-order valence-electron chi connectivity index (χ3n) is 7.10. The number of ether oxygens (including phenoxy) is 2. The van der Waals surface area contributed by atoms with Crippen molar-refractivity contribution < 1.29 is 24.5 Å². The number of nitrogens with one attached hydrogen (secondary N) is 3. The van der Waals surface area contributed by atoms with E-state index >= 15 is 0 Å². The summed E-state index contributed by atoms with van der Waals surface area (Å²) in [6.07, 6.45) is -1.01. The SMILES string of the molecule is C[C@H]1[C@@H](O)[C@H](n2cnc3c(=O)[nH]c(N)nc32)O[C@@H]1CNO[C@H]1C[C@H](n2cnc3c(=O)[nH]c(N)nc32)O[C@@H]1CO. The first-order valence-corrected chi connectivity index (χ1v) is 12.2. The summed E-state index contributed by atoms with van der Waals surface area (Å²) in [6, 6.07) is 0. The van der Waals surface area contributed by atoms with Gasteiger partial charge in [-0.25, -0.2) is 9.97 Å². The molecule has 7 atom stereocenters. The number of H-pyrrole nitrogens is 2. The van der Waals surface area contributed by atoms with E-state index < -0.39 is 48.0 Å². The number of hydrogen-bond donors (Lipinski definition) is 7. The van der Waals surface area contributed by atoms with Gasteiger partial charge in [0.2, 0.25) is 11.9 Å². The second-order valence-corrected chi connectivity index (χ2v) is 9.52. The van der Waals surface area contributed by atoms with E-state index in [0.717, 1.165) is 0 Å². The Labute approximate surface area is 217 Å². The smallest absolute Gasteiger partial charge is 0.280 e. The fraction of sp³-hybridized carbons (Fsp3) is 0.524. The molecule has 6 heterocycles. The monoisotopic (exact) mass is 545 g/mol. The first kappa shape index (κ1) is 25.3. The van der Waals surface area contributed by atoms with Crippen LogP contribution >= 0.6 is 0 Å². The number of nitrogen functional groups attached to an aromatic ring is 2. The van der Waals surface area contributed by atoms with Gasteiger partial charge in [-0.1, -0.05) is 6.92 Å². The number of anilines is 2. The molecule has 6 rings (SSSR count). The Morgan fingerprint density at radius 1 is 1.05 bits per heavy atom. The van der Waals surface area contributed by atoms with Gasteiger partial charge in [0, 0.05) is 18.9 Å². The molecular formula is C21H27N11O7. The highest BCUT2D eigenvalue weighted by Gasteiger charge is 2.43. The summed E-state index contributed by atoms with van der Waals surface area (Å²) in [7, 11) is 0. The summed E-state index contributed by atoms with van der Waals surface area (Å²) < 4.78 is 15.0. The summed E-state index contributed by atoms with van der Waals surface area (Å²) >= 11 is 0. The lowest BCUT2D eigenvalue weighted by atomic mass is 10.0. The Hall–Kier alpha value is -3.94. The van der Waals surface area contributed by atoms with Crippen molar-refractivity contribution in [2.24, 2.45) is 5.92 Å². The van der Waals surface area contributed by atoms with Gasteiger partial charge in [0.1, 0.15) is 24.5 Å². The van der Waals surface area contributed by atoms with E-state index in [4.69, 9.17) is 25.8 Å². The van der Waals surface area contributed by atoms with Gasteiger partial charge >= 0.3 is 0 Å². The lowest BCUT2D eigenvalue weighted by Gasteiger charge is -2.20. The zero-order valence-corrected chi connectivity index (χ0v) is 20.6. The maximum atomic E-state index is 12.1. The Bertz CT molecular complexity index is 1630. The molecule has 0 aliphatic carbocycles. The van der Waals surface area contributed by atoms with E-state index in [2.05, 4.69) is 35.4 Å². The van der Waals surface area contributed by atoms with Gasteiger partial charge in [0.15, 0.2) is 28.6 Å². The van der Waals surface area contributed by atoms with Crippen molar-refractivity contribution in [2.75, 3.05) is 24.6 Å². The van der Waals surface area contributed by atoms with E-state index in [-0.39, 0.29) is 53.3 Å². The summed E-state index contributed by atoms with van der Waals surface area (Å²) in [4.78, 5) is 51.3. The first-order chi connectivity index (χ1) is 18.7. The predicted octanol–water partition coefficient (Wildman–Crippen LogP) is -2.52. The molecule has 2 saturated heterocycles. The van der Waals surface area contributed by atoms with Gasteiger partial charge in [-0.05, 0) is 0 Å². The van der Waals surface area contributed by atoms with E-state index in [1.54, 1.807) is 4.57 Å². The number of fused-ring (bicyclic) bond motifs is 2. The number of nitrogens with zero attached hydrogens (tertiary/aromatic N) is 6. The molecule has 0 amide bonds. The van der Waals surface area contributed by atoms with E-state index in [1.165, 1.54) is 17.2 Å². The minimum Gasteiger partial charge on any atom is -0.394 e. The number of hydroxylamine groups is 1. The number of aliphatic hydroxyl groups is 2. The highest BCUT2D eigenvalue weighted by Crippen LogP contribution is 2.35. The summed E-state index contributed by atoms with van der Waals surface area (Å²) in [5.74, 6) is -0.455. The standard InChI is InChI=1S/C21H27N11O7/c1-7-9(38-19(14(7)34)32-6-25-13-16(32)28-21(23)30-18(13)36)3-26-39-8-2-11(37-10(8)4-33)31-5-24-12-15(31)27-20(22)29-17(12)35/h5-11,14,19,26,33-34H,2-4H2,1H3,(H3,22,27,29,35)(H3,23,28,30,36)/t7-,8+,9-,10-,11-,14-,19-/m1/s1. The molecule has 2 aliphatic heterocycles. The quantitative estimate of drug-likeness (QED) is 0.118. The van der Waals surface area contributed by atoms with Crippen LogP contribution in [0.5, 0.6) is 0 Å². The fourth-order valence-electron chi connectivity index (χ4n) is 5.01. The normalized spacial score (nSPS) is 29.2. The molecule has 18 heteroatoms. The number of aliphatic hydroxyl groups excluding tert-OH is 2. The van der Waals surface area contributed by atoms with Crippen molar-refractivity contribution in [3.05, 3.63) is 33.4 Å². The van der Waals surface area contributed by atoms with Crippen LogP contribution in [0.3, 0.4) is 0 Å². The molecule has 0 aromatic carbocycles. The maximum Gasteiger partial charge on any atom is 0.280 e. The predicted molar refractivity (Wildman–Crippen MR) is 133 cm³/mol. The number of nitrogens with two attached hydrogens (primary N) is 2. The second kappa shape index (κ2) is 9.67. The minimum atomic E-state index is -0.932. The summed E-state index contributed by atoms with van der Waals surface area (Å²) in [5, 5.41) is 20.7. The topological polar surface area (TPSA) is 259 Å². The number of rotatable bonds is 7. The molecule has 0 spiro atoms. The number of aromatic amines is 2. The second-order valence-electron chi connectivity index (χ2n) is 9.52. The van der Waals surface area contributed by atoms with Gasteiger partial charge in [0.25, 0.3) is 11.1 Å². The lowest BCUT2D eigenvalue weighted by molar-refractivity contribution is -0.102. The molecule has 0 radical (unpaired) electrons. The average Bonchev–Trinajstić information content (AvgIpc) is 3.66. The largest absolute Gasteiger partial charge is 0.394 e. The van der Waals surface area contributed by atoms with Crippen LogP contribution in [0, 0.1) is 5.92 Å². The molecule has 39 heavy (non-hydrogen) atoms. The van der Waals surface area contributed by atoms with Crippen molar-refractivity contribution >= 4 is 34.2 Å². The van der Waals surface area contributed by atoms with Gasteiger partial charge < -0.3 is 31.2 Å². The van der Waals surface area contributed by atoms with Crippen LogP contribution in [0.1, 0.15) is 25.8 Å². The molecule has 0 unspecified atom stereocenters. The van der Waals surface area contributed by atoms with Crippen molar-refractivity contribution in [2.45, 2.75) is 50.2 Å². The number of hydrogen-bond acceptors (Lipinski definition) is 14. The maximum absolute atomic E-state index is 12.1. The van der Waals surface area contributed by atoms with Crippen LogP contribution in [0.15, 0.2) is 22.2 Å². The zero-order chi connectivity index (χ0) is 27.4. The fourth-order valence-corrected chi connectivity index (χ4v) is 5.01. The van der Waals surface area contributed by atoms with Crippen LogP contribution < -0.4 is 28.1 Å². The summed E-state index contributed by atoms with van der Waals surface area (Å²) in [6.45, 7) is 1.70. The molecule has 9 N–H and O–H groups in total. The first-order valence-electron chi connectivity index (χ1n) is 12.2.